The molecule has 0 heterocycles. The topological polar surface area (TPSA) is 78.4 Å². The second-order valence-electron chi connectivity index (χ2n) is 4.93. The largest absolute Gasteiger partial charge is 0.478 e. The number of hydrogen-bond acceptors (Lipinski definition) is 2. The Morgan fingerprint density at radius 1 is 1.21 bits per heavy atom. The summed E-state index contributed by atoms with van der Waals surface area (Å²) in [4.78, 5) is 23.0. The standard InChI is InChI=1S/C14H20N2O3/c1-8(2)10(4)15-14(19)16-11-7-5-6-9(3)12(11)13(17)18/h5-8,10H,1-4H3,(H,17,18)(H2,15,16,19). The Bertz CT molecular complexity index is 484. The number of urea groups is 1. The molecule has 0 aromatic heterocycles. The molecule has 1 rings (SSSR count). The van der Waals surface area contributed by atoms with Crippen LogP contribution in [0.25, 0.3) is 0 Å². The number of anilines is 1. The molecule has 0 aliphatic heterocycles. The molecule has 0 spiro atoms. The van der Waals surface area contributed by atoms with E-state index in [0.29, 0.717) is 17.2 Å². The summed E-state index contributed by atoms with van der Waals surface area (Å²) in [5.41, 5.74) is 1.04. The van der Waals surface area contributed by atoms with Gasteiger partial charge in [-0.15, -0.1) is 0 Å². The lowest BCUT2D eigenvalue weighted by Gasteiger charge is -2.18. The zero-order valence-electron chi connectivity index (χ0n) is 11.7. The van der Waals surface area contributed by atoms with Crippen LogP contribution in [0.1, 0.15) is 36.7 Å². The summed E-state index contributed by atoms with van der Waals surface area (Å²) in [5, 5.41) is 14.5. The van der Waals surface area contributed by atoms with Gasteiger partial charge in [-0.3, -0.25) is 0 Å². The lowest BCUT2D eigenvalue weighted by atomic mass is 10.1. The zero-order valence-corrected chi connectivity index (χ0v) is 11.7. The van der Waals surface area contributed by atoms with Gasteiger partial charge in [0, 0.05) is 6.04 Å². The molecular formula is C14H20N2O3. The molecular weight excluding hydrogens is 244 g/mol. The molecule has 1 aromatic carbocycles. The Morgan fingerprint density at radius 2 is 1.84 bits per heavy atom. The van der Waals surface area contributed by atoms with Crippen molar-refractivity contribution in [3.05, 3.63) is 29.3 Å². The van der Waals surface area contributed by atoms with Crippen molar-refractivity contribution in [2.24, 2.45) is 5.92 Å². The van der Waals surface area contributed by atoms with Gasteiger partial charge in [-0.1, -0.05) is 26.0 Å². The molecule has 1 aromatic rings. The summed E-state index contributed by atoms with van der Waals surface area (Å²) in [6.45, 7) is 7.60. The number of amides is 2. The number of benzene rings is 1. The van der Waals surface area contributed by atoms with Gasteiger partial charge in [0.2, 0.25) is 0 Å². The van der Waals surface area contributed by atoms with Crippen molar-refractivity contribution in [3.8, 4) is 0 Å². The first-order valence-electron chi connectivity index (χ1n) is 6.23. The van der Waals surface area contributed by atoms with Crippen LogP contribution in [0.2, 0.25) is 0 Å². The van der Waals surface area contributed by atoms with Crippen LogP contribution >= 0.6 is 0 Å². The maximum absolute atomic E-state index is 11.8. The minimum absolute atomic E-state index is 0.0121. The van der Waals surface area contributed by atoms with Crippen molar-refractivity contribution in [2.45, 2.75) is 33.7 Å². The van der Waals surface area contributed by atoms with Crippen molar-refractivity contribution in [2.75, 3.05) is 5.32 Å². The van der Waals surface area contributed by atoms with Crippen LogP contribution in [0.4, 0.5) is 10.5 Å². The lowest BCUT2D eigenvalue weighted by Crippen LogP contribution is -2.39. The summed E-state index contributed by atoms with van der Waals surface area (Å²) in [5.74, 6) is -0.743. The minimum Gasteiger partial charge on any atom is -0.478 e. The summed E-state index contributed by atoms with van der Waals surface area (Å²) in [7, 11) is 0. The number of rotatable bonds is 4. The van der Waals surface area contributed by atoms with E-state index in [4.69, 9.17) is 5.11 Å². The van der Waals surface area contributed by atoms with Crippen LogP contribution in [-0.2, 0) is 0 Å². The third kappa shape index (κ3) is 3.98. The molecule has 3 N–H and O–H groups in total. The quantitative estimate of drug-likeness (QED) is 0.782. The third-order valence-corrected chi connectivity index (χ3v) is 3.09. The monoisotopic (exact) mass is 264 g/mol. The Kier molecular flexibility index (Phi) is 4.92. The number of hydrogen-bond donors (Lipinski definition) is 3. The molecule has 5 heteroatoms. The molecule has 0 aliphatic rings. The highest BCUT2D eigenvalue weighted by atomic mass is 16.4. The maximum atomic E-state index is 11.8. The first-order chi connectivity index (χ1) is 8.82. The number of carboxylic acid groups (broad SMARTS) is 1. The van der Waals surface area contributed by atoms with Crippen molar-refractivity contribution in [1.29, 1.82) is 0 Å². The second-order valence-corrected chi connectivity index (χ2v) is 4.93. The number of aryl methyl sites for hydroxylation is 1. The maximum Gasteiger partial charge on any atom is 0.338 e. The predicted molar refractivity (Wildman–Crippen MR) is 74.6 cm³/mol. The zero-order chi connectivity index (χ0) is 14.6. The third-order valence-electron chi connectivity index (χ3n) is 3.09. The summed E-state index contributed by atoms with van der Waals surface area (Å²) in [6, 6.07) is 4.61. The molecule has 5 nitrogen and oxygen atoms in total. The Hall–Kier alpha value is -2.04. The number of carboxylic acids is 1. The van der Waals surface area contributed by atoms with E-state index in [0.717, 1.165) is 0 Å². The van der Waals surface area contributed by atoms with Crippen LogP contribution in [0.15, 0.2) is 18.2 Å². The minimum atomic E-state index is -1.05. The van der Waals surface area contributed by atoms with Gasteiger partial charge in [0.1, 0.15) is 0 Å². The molecule has 0 radical (unpaired) electrons. The second kappa shape index (κ2) is 6.22. The van der Waals surface area contributed by atoms with E-state index < -0.39 is 12.0 Å². The SMILES string of the molecule is Cc1cccc(NC(=O)NC(C)C(C)C)c1C(=O)O. The van der Waals surface area contributed by atoms with Crippen molar-refractivity contribution >= 4 is 17.7 Å². The van der Waals surface area contributed by atoms with Crippen LogP contribution in [0, 0.1) is 12.8 Å². The number of nitrogens with one attached hydrogen (secondary N) is 2. The lowest BCUT2D eigenvalue weighted by molar-refractivity contribution is 0.0697. The van der Waals surface area contributed by atoms with Gasteiger partial charge >= 0.3 is 12.0 Å². The number of carbonyl (C=O) groups is 2. The van der Waals surface area contributed by atoms with E-state index in [1.807, 2.05) is 20.8 Å². The molecule has 0 saturated heterocycles. The van der Waals surface area contributed by atoms with Gasteiger partial charge in [-0.05, 0) is 31.4 Å². The molecule has 1 atom stereocenters. The molecule has 0 fully saturated rings. The normalized spacial score (nSPS) is 12.1. The van der Waals surface area contributed by atoms with Gasteiger partial charge in [0.05, 0.1) is 11.3 Å². The molecule has 0 saturated carbocycles. The Morgan fingerprint density at radius 3 is 2.37 bits per heavy atom. The highest BCUT2D eigenvalue weighted by Crippen LogP contribution is 2.19. The molecule has 0 aliphatic carbocycles. The van der Waals surface area contributed by atoms with Crippen molar-refractivity contribution in [1.82, 2.24) is 5.32 Å². The highest BCUT2D eigenvalue weighted by Gasteiger charge is 2.16. The van der Waals surface area contributed by atoms with Crippen molar-refractivity contribution in [3.63, 3.8) is 0 Å². The Labute approximate surface area is 113 Å². The van der Waals surface area contributed by atoms with Crippen LogP contribution in [0.5, 0.6) is 0 Å². The van der Waals surface area contributed by atoms with E-state index in [9.17, 15) is 9.59 Å². The van der Waals surface area contributed by atoms with Crippen LogP contribution < -0.4 is 10.6 Å². The van der Waals surface area contributed by atoms with Gasteiger partial charge in [0.25, 0.3) is 0 Å². The molecule has 1 unspecified atom stereocenters. The molecule has 2 amide bonds. The summed E-state index contributed by atoms with van der Waals surface area (Å²) >= 11 is 0. The van der Waals surface area contributed by atoms with Gasteiger partial charge < -0.3 is 15.7 Å². The van der Waals surface area contributed by atoms with E-state index in [2.05, 4.69) is 10.6 Å². The smallest absolute Gasteiger partial charge is 0.338 e. The average Bonchev–Trinajstić information content (AvgIpc) is 2.27. The molecule has 0 bridgehead atoms. The van der Waals surface area contributed by atoms with Gasteiger partial charge in [0.15, 0.2) is 0 Å². The fraction of sp³-hybridized carbons (Fsp3) is 0.429. The fourth-order valence-electron chi connectivity index (χ4n) is 1.59. The number of aromatic carboxylic acids is 1. The highest BCUT2D eigenvalue weighted by molar-refractivity contribution is 6.01. The van der Waals surface area contributed by atoms with Crippen LogP contribution in [0.3, 0.4) is 0 Å². The number of carbonyl (C=O) groups excluding carboxylic acids is 1. The Balaban J connectivity index is 2.86. The fourth-order valence-corrected chi connectivity index (χ4v) is 1.59. The van der Waals surface area contributed by atoms with Crippen LogP contribution in [-0.4, -0.2) is 23.1 Å². The average molecular weight is 264 g/mol. The van der Waals surface area contributed by atoms with E-state index >= 15 is 0 Å². The predicted octanol–water partition coefficient (Wildman–Crippen LogP) is 2.86. The molecule has 104 valence electrons. The first-order valence-corrected chi connectivity index (χ1v) is 6.23. The van der Waals surface area contributed by atoms with Crippen molar-refractivity contribution < 1.29 is 14.7 Å². The van der Waals surface area contributed by atoms with E-state index in [1.54, 1.807) is 25.1 Å². The van der Waals surface area contributed by atoms with Gasteiger partial charge in [-0.25, -0.2) is 9.59 Å². The summed E-state index contributed by atoms with van der Waals surface area (Å²) in [6.07, 6.45) is 0. The molecule has 19 heavy (non-hydrogen) atoms. The van der Waals surface area contributed by atoms with Gasteiger partial charge in [-0.2, -0.15) is 0 Å². The summed E-state index contributed by atoms with van der Waals surface area (Å²) < 4.78 is 0. The first kappa shape index (κ1) is 15.0. The van der Waals surface area contributed by atoms with E-state index in [-0.39, 0.29) is 11.6 Å². The van der Waals surface area contributed by atoms with E-state index in [1.165, 1.54) is 0 Å².